The van der Waals surface area contributed by atoms with Crippen molar-refractivity contribution in [1.29, 1.82) is 0 Å². The van der Waals surface area contributed by atoms with Crippen molar-refractivity contribution < 1.29 is 5.11 Å². The Labute approximate surface area is 174 Å². The summed E-state index contributed by atoms with van der Waals surface area (Å²) >= 11 is 0. The van der Waals surface area contributed by atoms with Crippen LogP contribution in [0.15, 0.2) is 11.6 Å². The Balaban J connectivity index is 1.45. The second kappa shape index (κ2) is 8.09. The van der Waals surface area contributed by atoms with Crippen molar-refractivity contribution >= 4 is 0 Å². The largest absolute Gasteiger partial charge is 0.393 e. The van der Waals surface area contributed by atoms with Gasteiger partial charge in [0.15, 0.2) is 0 Å². The van der Waals surface area contributed by atoms with Gasteiger partial charge in [-0.15, -0.1) is 0 Å². The Kier molecular flexibility index (Phi) is 6.05. The minimum absolute atomic E-state index is 0.0575. The fraction of sp³-hybridized carbons (Fsp3) is 0.926. The topological polar surface area (TPSA) is 20.2 Å². The van der Waals surface area contributed by atoms with E-state index in [1.807, 2.05) is 0 Å². The molecule has 160 valence electrons. The van der Waals surface area contributed by atoms with Crippen LogP contribution in [-0.2, 0) is 0 Å². The summed E-state index contributed by atoms with van der Waals surface area (Å²) in [5, 5.41) is 10.1. The number of rotatable bonds is 5. The van der Waals surface area contributed by atoms with Crippen molar-refractivity contribution in [2.45, 2.75) is 105 Å². The molecule has 1 N–H and O–H groups in total. The average Bonchev–Trinajstić information content (AvgIpc) is 3.02. The molecule has 3 fully saturated rings. The number of hydrogen-bond acceptors (Lipinski definition) is 1. The summed E-state index contributed by atoms with van der Waals surface area (Å²) in [5.74, 6) is 7.19. The van der Waals surface area contributed by atoms with Crippen LogP contribution >= 0.6 is 0 Å². The highest BCUT2D eigenvalue weighted by Gasteiger charge is 2.56. The van der Waals surface area contributed by atoms with Gasteiger partial charge in [-0.25, -0.2) is 0 Å². The first-order valence-electron chi connectivity index (χ1n) is 12.7. The molecule has 0 amide bonds. The predicted octanol–water partition coefficient (Wildman–Crippen LogP) is 7.24. The second-order valence-electron chi connectivity index (χ2n) is 12.0. The van der Waals surface area contributed by atoms with Gasteiger partial charge in [0.05, 0.1) is 6.10 Å². The zero-order chi connectivity index (χ0) is 20.1. The number of aliphatic hydroxyl groups is 1. The van der Waals surface area contributed by atoms with Gasteiger partial charge in [0, 0.05) is 0 Å². The second-order valence-corrected chi connectivity index (χ2v) is 12.0. The molecule has 3 saturated carbocycles. The molecular weight excluding hydrogens is 340 g/mol. The average molecular weight is 387 g/mol. The first-order valence-corrected chi connectivity index (χ1v) is 12.7. The SMILES string of the molecule is CC(C)[C@H](C)CC[C@@H](C)[C@H]1CC[C@H]2[C@@H]3CC=C4C[C@@H](O)CC[C@@H]4[C@H]3CC[C@]12C. The highest BCUT2D eigenvalue weighted by atomic mass is 16.3. The lowest BCUT2D eigenvalue weighted by molar-refractivity contribution is -0.0298. The van der Waals surface area contributed by atoms with E-state index in [9.17, 15) is 5.11 Å². The van der Waals surface area contributed by atoms with E-state index in [2.05, 4.69) is 40.7 Å². The lowest BCUT2D eigenvalue weighted by atomic mass is 9.51. The van der Waals surface area contributed by atoms with E-state index in [0.29, 0.717) is 5.41 Å². The van der Waals surface area contributed by atoms with E-state index in [1.165, 1.54) is 51.4 Å². The van der Waals surface area contributed by atoms with Crippen LogP contribution in [-0.4, -0.2) is 11.2 Å². The molecule has 0 aromatic heterocycles. The molecule has 4 aliphatic rings. The molecule has 0 radical (unpaired) electrons. The van der Waals surface area contributed by atoms with Gasteiger partial charge in [-0.05, 0) is 104 Å². The van der Waals surface area contributed by atoms with Crippen LogP contribution in [0, 0.1) is 52.8 Å². The van der Waals surface area contributed by atoms with E-state index < -0.39 is 0 Å². The molecule has 0 spiro atoms. The first-order chi connectivity index (χ1) is 13.3. The molecule has 4 rings (SSSR count). The minimum Gasteiger partial charge on any atom is -0.393 e. The third-order valence-electron chi connectivity index (χ3n) is 10.4. The Hall–Kier alpha value is -0.300. The van der Waals surface area contributed by atoms with E-state index in [4.69, 9.17) is 0 Å². The normalized spacial score (nSPS) is 45.0. The number of hydrogen-bond donors (Lipinski definition) is 1. The quantitative estimate of drug-likeness (QED) is 0.493. The smallest absolute Gasteiger partial charge is 0.0577 e. The third kappa shape index (κ3) is 3.63. The highest BCUT2D eigenvalue weighted by Crippen LogP contribution is 2.64. The van der Waals surface area contributed by atoms with Crippen molar-refractivity contribution in [2.24, 2.45) is 52.8 Å². The summed E-state index contributed by atoms with van der Waals surface area (Å²) in [4.78, 5) is 0. The summed E-state index contributed by atoms with van der Waals surface area (Å²) in [6.07, 6.45) is 15.9. The van der Waals surface area contributed by atoms with Crippen molar-refractivity contribution in [1.82, 2.24) is 0 Å². The van der Waals surface area contributed by atoms with Crippen molar-refractivity contribution in [3.63, 3.8) is 0 Å². The Bertz CT molecular complexity index is 577. The molecule has 0 saturated heterocycles. The van der Waals surface area contributed by atoms with E-state index in [0.717, 1.165) is 60.2 Å². The molecule has 0 aromatic rings. The summed E-state index contributed by atoms with van der Waals surface area (Å²) in [6, 6.07) is 0. The van der Waals surface area contributed by atoms with Crippen molar-refractivity contribution in [2.75, 3.05) is 0 Å². The lowest BCUT2D eigenvalue weighted by Gasteiger charge is -2.54. The zero-order valence-corrected chi connectivity index (χ0v) is 19.3. The molecule has 1 heteroatoms. The van der Waals surface area contributed by atoms with Gasteiger partial charge in [0.25, 0.3) is 0 Å². The molecule has 28 heavy (non-hydrogen) atoms. The van der Waals surface area contributed by atoms with Gasteiger partial charge in [0.1, 0.15) is 0 Å². The van der Waals surface area contributed by atoms with Crippen LogP contribution in [0.5, 0.6) is 0 Å². The van der Waals surface area contributed by atoms with Gasteiger partial charge < -0.3 is 5.11 Å². The van der Waals surface area contributed by atoms with Gasteiger partial charge in [0.2, 0.25) is 0 Å². The Morgan fingerprint density at radius 2 is 1.79 bits per heavy atom. The fourth-order valence-corrected chi connectivity index (χ4v) is 8.29. The molecule has 0 aromatic carbocycles. The third-order valence-corrected chi connectivity index (χ3v) is 10.4. The molecule has 0 aliphatic heterocycles. The van der Waals surface area contributed by atoms with Crippen LogP contribution in [0.3, 0.4) is 0 Å². The van der Waals surface area contributed by atoms with E-state index in [1.54, 1.807) is 5.57 Å². The standard InChI is InChI=1S/C27H46O/c1-17(2)18(3)6-7-19(4)25-12-13-26-24-10-8-20-16-21(28)9-11-22(20)23(24)14-15-27(25,26)5/h8,17-19,21-26,28H,6-7,9-16H2,1-5H3/t18-,19-,21+,22+,23-,24-,25-,26+,27-/m1/s1. The molecule has 0 bridgehead atoms. The first kappa shape index (κ1) is 21.0. The van der Waals surface area contributed by atoms with Gasteiger partial charge in [-0.2, -0.15) is 0 Å². The predicted molar refractivity (Wildman–Crippen MR) is 119 cm³/mol. The highest BCUT2D eigenvalue weighted by molar-refractivity contribution is 5.20. The van der Waals surface area contributed by atoms with Crippen LogP contribution in [0.25, 0.3) is 0 Å². The Morgan fingerprint density at radius 3 is 2.54 bits per heavy atom. The lowest BCUT2D eigenvalue weighted by Crippen LogP contribution is -2.47. The fourth-order valence-electron chi connectivity index (χ4n) is 8.29. The number of fused-ring (bicyclic) bond motifs is 5. The zero-order valence-electron chi connectivity index (χ0n) is 19.3. The van der Waals surface area contributed by atoms with E-state index in [-0.39, 0.29) is 6.10 Å². The van der Waals surface area contributed by atoms with Gasteiger partial charge in [-0.1, -0.05) is 59.1 Å². The summed E-state index contributed by atoms with van der Waals surface area (Å²) < 4.78 is 0. The maximum Gasteiger partial charge on any atom is 0.0577 e. The van der Waals surface area contributed by atoms with Crippen LogP contribution in [0.4, 0.5) is 0 Å². The number of allylic oxidation sites excluding steroid dienone is 1. The molecule has 0 unspecified atom stereocenters. The molecule has 9 atom stereocenters. The van der Waals surface area contributed by atoms with Crippen LogP contribution in [0.1, 0.15) is 98.8 Å². The molecule has 4 aliphatic carbocycles. The molecular formula is C27H46O. The monoisotopic (exact) mass is 386 g/mol. The van der Waals surface area contributed by atoms with Crippen LogP contribution < -0.4 is 0 Å². The van der Waals surface area contributed by atoms with Gasteiger partial charge >= 0.3 is 0 Å². The van der Waals surface area contributed by atoms with E-state index >= 15 is 0 Å². The molecule has 1 nitrogen and oxygen atoms in total. The van der Waals surface area contributed by atoms with Crippen molar-refractivity contribution in [3.05, 3.63) is 11.6 Å². The summed E-state index contributed by atoms with van der Waals surface area (Å²) in [5.41, 5.74) is 2.23. The summed E-state index contributed by atoms with van der Waals surface area (Å²) in [7, 11) is 0. The molecule has 0 heterocycles. The maximum atomic E-state index is 10.1. The van der Waals surface area contributed by atoms with Crippen molar-refractivity contribution in [3.8, 4) is 0 Å². The summed E-state index contributed by atoms with van der Waals surface area (Å²) in [6.45, 7) is 12.5. The van der Waals surface area contributed by atoms with Crippen LogP contribution in [0.2, 0.25) is 0 Å². The maximum absolute atomic E-state index is 10.1. The number of aliphatic hydroxyl groups excluding tert-OH is 1. The Morgan fingerprint density at radius 1 is 1.00 bits per heavy atom. The minimum atomic E-state index is -0.0575. The van der Waals surface area contributed by atoms with Gasteiger partial charge in [-0.3, -0.25) is 0 Å².